The van der Waals surface area contributed by atoms with Crippen molar-refractivity contribution in [2.24, 2.45) is 0 Å². The highest BCUT2D eigenvalue weighted by Gasteiger charge is 2.27. The Labute approximate surface area is 366 Å². The molecular formula is C49H87O10P. The van der Waals surface area contributed by atoms with Crippen molar-refractivity contribution in [1.29, 1.82) is 0 Å². The van der Waals surface area contributed by atoms with Crippen LogP contribution >= 0.6 is 7.82 Å². The van der Waals surface area contributed by atoms with E-state index >= 15 is 0 Å². The lowest BCUT2D eigenvalue weighted by Gasteiger charge is -2.20. The molecule has 11 heteroatoms. The molecule has 0 saturated carbocycles. The number of ether oxygens (including phenoxy) is 2. The van der Waals surface area contributed by atoms with Crippen molar-refractivity contribution in [2.75, 3.05) is 26.4 Å². The molecule has 0 aliphatic carbocycles. The highest BCUT2D eigenvalue weighted by molar-refractivity contribution is 7.47. The van der Waals surface area contributed by atoms with Crippen molar-refractivity contribution < 1.29 is 47.8 Å². The molecule has 0 spiro atoms. The van der Waals surface area contributed by atoms with Gasteiger partial charge < -0.3 is 24.6 Å². The van der Waals surface area contributed by atoms with E-state index in [4.69, 9.17) is 18.5 Å². The summed E-state index contributed by atoms with van der Waals surface area (Å²) in [5.41, 5.74) is 0. The van der Waals surface area contributed by atoms with Crippen LogP contribution in [0.25, 0.3) is 0 Å². The third-order valence-electron chi connectivity index (χ3n) is 9.96. The molecule has 10 nitrogen and oxygen atoms in total. The second-order valence-electron chi connectivity index (χ2n) is 15.7. The number of allylic oxidation sites excluding steroid dienone is 10. The maximum atomic E-state index is 12.4. The molecule has 0 aromatic heterocycles. The van der Waals surface area contributed by atoms with Gasteiger partial charge in [-0.1, -0.05) is 171 Å². The second-order valence-corrected chi connectivity index (χ2v) is 17.2. The molecule has 0 saturated heterocycles. The summed E-state index contributed by atoms with van der Waals surface area (Å²) in [6, 6.07) is 0. The molecule has 0 radical (unpaired) electrons. The van der Waals surface area contributed by atoms with E-state index < -0.39 is 58.4 Å². The van der Waals surface area contributed by atoms with Crippen molar-refractivity contribution in [3.63, 3.8) is 0 Å². The van der Waals surface area contributed by atoms with Crippen molar-refractivity contribution in [1.82, 2.24) is 0 Å². The minimum absolute atomic E-state index is 0.181. The van der Waals surface area contributed by atoms with Crippen molar-refractivity contribution in [3.8, 4) is 0 Å². The van der Waals surface area contributed by atoms with Crippen LogP contribution in [0, 0.1) is 0 Å². The molecule has 0 aromatic rings. The number of carbonyl (C=O) groups excluding carboxylic acids is 2. The standard InChI is InChI=1S/C49H87O10P/c1-3-5-7-9-11-13-15-17-19-20-21-22-23-24-25-26-27-29-31-33-35-37-39-41-49(53)59-47(43-51)45-57-60(54,55)56-44-46(42-50)58-48(52)40-38-36-34-32-30-28-18-16-14-12-10-8-6-4-2/h5,7,11,13,16-19,21-22,46-47,50-51H,3-4,6,8-10,12,14-15,20,23-45H2,1-2H3,(H,54,55)/b7-5-,13-11-,18-16-,19-17-,22-21-. The fourth-order valence-corrected chi connectivity index (χ4v) is 7.12. The van der Waals surface area contributed by atoms with E-state index in [1.54, 1.807) is 0 Å². The van der Waals surface area contributed by atoms with Gasteiger partial charge >= 0.3 is 19.8 Å². The van der Waals surface area contributed by atoms with Gasteiger partial charge in [0.25, 0.3) is 0 Å². The van der Waals surface area contributed by atoms with E-state index in [1.165, 1.54) is 70.6 Å². The molecule has 0 rings (SSSR count). The average Bonchev–Trinajstić information content (AvgIpc) is 3.24. The molecule has 3 atom stereocenters. The Morgan fingerprint density at radius 3 is 1.15 bits per heavy atom. The first-order chi connectivity index (χ1) is 29.3. The van der Waals surface area contributed by atoms with Gasteiger partial charge in [0.05, 0.1) is 26.4 Å². The summed E-state index contributed by atoms with van der Waals surface area (Å²) < 4.78 is 32.6. The number of unbranched alkanes of at least 4 members (excludes halogenated alkanes) is 20. The third kappa shape index (κ3) is 42.4. The molecule has 0 fully saturated rings. The van der Waals surface area contributed by atoms with Crippen LogP contribution in [0.1, 0.15) is 200 Å². The summed E-state index contributed by atoms with van der Waals surface area (Å²) in [5, 5.41) is 19.2. The van der Waals surface area contributed by atoms with Gasteiger partial charge in [0.1, 0.15) is 12.2 Å². The Kier molecular flexibility index (Phi) is 43.0. The Hall–Kier alpha value is -2.33. The molecule has 3 unspecified atom stereocenters. The van der Waals surface area contributed by atoms with Crippen molar-refractivity contribution in [2.45, 2.75) is 212 Å². The molecule has 0 aliphatic rings. The smallest absolute Gasteiger partial charge is 0.457 e. The van der Waals surface area contributed by atoms with E-state index in [0.717, 1.165) is 89.9 Å². The molecule has 0 aliphatic heterocycles. The van der Waals surface area contributed by atoms with Crippen LogP contribution in [0.15, 0.2) is 60.8 Å². The van der Waals surface area contributed by atoms with Crippen LogP contribution in [-0.2, 0) is 32.7 Å². The molecule has 0 bridgehead atoms. The highest BCUT2D eigenvalue weighted by Crippen LogP contribution is 2.43. The number of hydrogen-bond acceptors (Lipinski definition) is 9. The number of esters is 2. The number of rotatable bonds is 44. The molecule has 60 heavy (non-hydrogen) atoms. The fourth-order valence-electron chi connectivity index (χ4n) is 6.34. The maximum absolute atomic E-state index is 12.4. The summed E-state index contributed by atoms with van der Waals surface area (Å²) >= 11 is 0. The second kappa shape index (κ2) is 44.7. The Balaban J connectivity index is 3.88. The van der Waals surface area contributed by atoms with Crippen molar-refractivity contribution in [3.05, 3.63) is 60.8 Å². The number of hydrogen-bond donors (Lipinski definition) is 3. The van der Waals surface area contributed by atoms with E-state index in [0.29, 0.717) is 12.8 Å². The predicted octanol–water partition coefficient (Wildman–Crippen LogP) is 13.1. The van der Waals surface area contributed by atoms with Crippen LogP contribution in [0.3, 0.4) is 0 Å². The number of carbonyl (C=O) groups is 2. The largest absolute Gasteiger partial charge is 0.472 e. The summed E-state index contributed by atoms with van der Waals surface area (Å²) in [6.07, 6.45) is 50.5. The van der Waals surface area contributed by atoms with Gasteiger partial charge in [-0.2, -0.15) is 0 Å². The van der Waals surface area contributed by atoms with Crippen LogP contribution in [0.2, 0.25) is 0 Å². The summed E-state index contributed by atoms with van der Waals surface area (Å²) in [5.74, 6) is -1.03. The lowest BCUT2D eigenvalue weighted by atomic mass is 10.0. The maximum Gasteiger partial charge on any atom is 0.472 e. The molecule has 348 valence electrons. The number of aliphatic hydroxyl groups excluding tert-OH is 2. The fraction of sp³-hybridized carbons (Fsp3) is 0.755. The van der Waals surface area contributed by atoms with E-state index in [9.17, 15) is 29.3 Å². The van der Waals surface area contributed by atoms with E-state index in [2.05, 4.69) is 74.6 Å². The van der Waals surface area contributed by atoms with Crippen molar-refractivity contribution >= 4 is 19.8 Å². The van der Waals surface area contributed by atoms with Crippen LogP contribution in [-0.4, -0.2) is 65.7 Å². The van der Waals surface area contributed by atoms with Gasteiger partial charge in [0.2, 0.25) is 0 Å². The zero-order valence-electron chi connectivity index (χ0n) is 37.9. The quantitative estimate of drug-likeness (QED) is 0.0234. The molecule has 3 N–H and O–H groups in total. The summed E-state index contributed by atoms with van der Waals surface area (Å²) in [6.45, 7) is 2.08. The van der Waals surface area contributed by atoms with Gasteiger partial charge in [-0.15, -0.1) is 0 Å². The number of phosphoric ester groups is 1. The molecular weight excluding hydrogens is 780 g/mol. The van der Waals surface area contributed by atoms with Gasteiger partial charge in [0, 0.05) is 12.8 Å². The SMILES string of the molecule is CC/C=C\C/C=C\C/C=C\C/C=C\CCCCCCCCCCCCC(=O)OC(CO)COP(=O)(O)OCC(CO)OC(=O)CCCCCCC/C=C\CCCCCCC. The lowest BCUT2D eigenvalue weighted by Crippen LogP contribution is -2.28. The topological polar surface area (TPSA) is 149 Å². The van der Waals surface area contributed by atoms with E-state index in [1.807, 2.05) is 0 Å². The Morgan fingerprint density at radius 2 is 0.783 bits per heavy atom. The van der Waals surface area contributed by atoms with Crippen LogP contribution < -0.4 is 0 Å². The zero-order chi connectivity index (χ0) is 44.0. The first-order valence-corrected chi connectivity index (χ1v) is 25.2. The van der Waals surface area contributed by atoms with Crippen LogP contribution in [0.4, 0.5) is 0 Å². The molecule has 0 heterocycles. The van der Waals surface area contributed by atoms with Gasteiger partial charge in [-0.3, -0.25) is 18.6 Å². The first kappa shape index (κ1) is 57.7. The van der Waals surface area contributed by atoms with Gasteiger partial charge in [0.15, 0.2) is 0 Å². The Morgan fingerprint density at radius 1 is 0.467 bits per heavy atom. The predicted molar refractivity (Wildman–Crippen MR) is 247 cm³/mol. The van der Waals surface area contributed by atoms with Gasteiger partial charge in [-0.05, 0) is 77.0 Å². The lowest BCUT2D eigenvalue weighted by molar-refractivity contribution is -0.153. The molecule has 0 aromatic carbocycles. The third-order valence-corrected chi connectivity index (χ3v) is 10.9. The normalized spacial score (nSPS) is 14.3. The van der Waals surface area contributed by atoms with E-state index in [-0.39, 0.29) is 12.8 Å². The summed E-state index contributed by atoms with van der Waals surface area (Å²) in [7, 11) is -4.64. The molecule has 0 amide bonds. The van der Waals surface area contributed by atoms with Crippen LogP contribution in [0.5, 0.6) is 0 Å². The minimum atomic E-state index is -4.64. The monoisotopic (exact) mass is 867 g/mol. The highest BCUT2D eigenvalue weighted by atomic mass is 31.2. The minimum Gasteiger partial charge on any atom is -0.457 e. The van der Waals surface area contributed by atoms with Gasteiger partial charge in [-0.25, -0.2) is 4.57 Å². The summed E-state index contributed by atoms with van der Waals surface area (Å²) in [4.78, 5) is 34.6. The number of aliphatic hydroxyl groups is 2. The zero-order valence-corrected chi connectivity index (χ0v) is 38.8. The average molecular weight is 867 g/mol. The Bertz CT molecular complexity index is 1180. The number of phosphoric acid groups is 1. The first-order valence-electron chi connectivity index (χ1n) is 23.7.